The van der Waals surface area contributed by atoms with Gasteiger partial charge in [-0.15, -0.1) is 0 Å². The van der Waals surface area contributed by atoms with Crippen LogP contribution in [-0.4, -0.2) is 0 Å². The van der Waals surface area contributed by atoms with E-state index in [2.05, 4.69) is 109 Å². The normalized spacial score (nSPS) is 12.1. The van der Waals surface area contributed by atoms with Crippen molar-refractivity contribution < 1.29 is 17.8 Å². The molecular formula is C18H16PRu. The standard InChI is InChI=1S/C18H15P.Ru/c1-4-10-16(11-5-1)19(17-12-6-2-7-13-17)18-14-8-3-9-15-18;/h1-15H;/q;-1/p+1. The molecule has 0 bridgehead atoms. The van der Waals surface area contributed by atoms with Crippen LogP contribution >= 0.6 is 5.59 Å². The maximum absolute atomic E-state index is 3.08. The van der Waals surface area contributed by atoms with Crippen molar-refractivity contribution in [3.8, 4) is 0 Å². The second-order valence-electron chi connectivity index (χ2n) is 4.74. The Hall–Kier alpha value is -1.29. The van der Waals surface area contributed by atoms with Gasteiger partial charge in [0.05, 0.1) is 0 Å². The van der Waals surface area contributed by atoms with Crippen molar-refractivity contribution >= 4 is 21.5 Å². The van der Waals surface area contributed by atoms with Crippen molar-refractivity contribution in [2.24, 2.45) is 0 Å². The molecule has 0 radical (unpaired) electrons. The Morgan fingerprint density at radius 1 is 0.450 bits per heavy atom. The molecule has 3 aromatic rings. The Morgan fingerprint density at radius 2 is 0.700 bits per heavy atom. The molecule has 0 aromatic heterocycles. The molecule has 20 heavy (non-hydrogen) atoms. The molecule has 101 valence electrons. The molecule has 3 rings (SSSR count). The van der Waals surface area contributed by atoms with Gasteiger partial charge in [-0.05, 0) is 0 Å². The Bertz CT molecular complexity index is 569. The average Bonchev–Trinajstić information content (AvgIpc) is 2.56. The summed E-state index contributed by atoms with van der Waals surface area (Å²) in [7, 11) is 0. The number of rotatable bonds is 3. The predicted octanol–water partition coefficient (Wildman–Crippen LogP) is 3.17. The summed E-state index contributed by atoms with van der Waals surface area (Å²) in [5.74, 6) is 0. The number of hydrogen-bond donors (Lipinski definition) is 0. The average molecular weight is 364 g/mol. The van der Waals surface area contributed by atoms with E-state index >= 15 is 0 Å². The quantitative estimate of drug-likeness (QED) is 0.495. The zero-order valence-corrected chi connectivity index (χ0v) is 13.8. The van der Waals surface area contributed by atoms with Gasteiger partial charge in [0.15, 0.2) is 0 Å². The first-order chi connectivity index (χ1) is 9.82. The van der Waals surface area contributed by atoms with Crippen molar-refractivity contribution in [3.05, 3.63) is 91.0 Å². The van der Waals surface area contributed by atoms with Gasteiger partial charge in [0.25, 0.3) is 0 Å². The van der Waals surface area contributed by atoms with Gasteiger partial charge >= 0.3 is 130 Å². The van der Waals surface area contributed by atoms with Crippen LogP contribution in [0.25, 0.3) is 0 Å². The van der Waals surface area contributed by atoms with Crippen LogP contribution < -0.4 is 15.9 Å². The topological polar surface area (TPSA) is 0 Å². The Kier molecular flexibility index (Phi) is 4.11. The summed E-state index contributed by atoms with van der Waals surface area (Å²) >= 11 is 3.08. The summed E-state index contributed by atoms with van der Waals surface area (Å²) in [5, 5.41) is 4.27. The Balaban J connectivity index is 2.24. The maximum atomic E-state index is 3.08. The molecule has 0 saturated heterocycles. The number of hydrogen-bond acceptors (Lipinski definition) is 0. The fraction of sp³-hybridized carbons (Fsp3) is 0. The third-order valence-corrected chi connectivity index (χ3v) is 11.4. The van der Waals surface area contributed by atoms with Gasteiger partial charge in [-0.3, -0.25) is 0 Å². The molecule has 0 aliphatic carbocycles. The summed E-state index contributed by atoms with van der Waals surface area (Å²) in [5.41, 5.74) is -1.95. The van der Waals surface area contributed by atoms with Gasteiger partial charge in [0.2, 0.25) is 0 Å². The summed E-state index contributed by atoms with van der Waals surface area (Å²) in [6.07, 6.45) is 0. The second kappa shape index (κ2) is 6.00. The van der Waals surface area contributed by atoms with Crippen LogP contribution in [-0.2, 0) is 17.8 Å². The molecule has 0 amide bonds. The van der Waals surface area contributed by atoms with Gasteiger partial charge in [0, 0.05) is 0 Å². The first kappa shape index (κ1) is 13.7. The number of benzene rings is 3. The van der Waals surface area contributed by atoms with Gasteiger partial charge in [-0.25, -0.2) is 0 Å². The van der Waals surface area contributed by atoms with E-state index in [0.717, 1.165) is 0 Å². The van der Waals surface area contributed by atoms with Crippen LogP contribution in [0.5, 0.6) is 0 Å². The fourth-order valence-corrected chi connectivity index (χ4v) is 8.03. The van der Waals surface area contributed by atoms with Crippen molar-refractivity contribution in [1.29, 1.82) is 0 Å². The van der Waals surface area contributed by atoms with E-state index in [0.29, 0.717) is 0 Å². The molecule has 0 unspecified atom stereocenters. The Labute approximate surface area is 130 Å². The van der Waals surface area contributed by atoms with E-state index in [9.17, 15) is 0 Å². The first-order valence-electron chi connectivity index (χ1n) is 6.66. The molecule has 3 aromatic carbocycles. The van der Waals surface area contributed by atoms with E-state index in [-0.39, 0.29) is 0 Å². The monoisotopic (exact) mass is 365 g/mol. The third-order valence-electron chi connectivity index (χ3n) is 3.49. The molecule has 0 aliphatic rings. The SMILES string of the molecule is [Ru][PH](c1ccccc1)(c1ccccc1)c1ccccc1. The van der Waals surface area contributed by atoms with Crippen LogP contribution in [0.15, 0.2) is 91.0 Å². The molecule has 0 fully saturated rings. The van der Waals surface area contributed by atoms with Gasteiger partial charge in [-0.2, -0.15) is 0 Å². The molecule has 0 aliphatic heterocycles. The zero-order chi connectivity index (χ0) is 13.8. The molecule has 0 nitrogen and oxygen atoms in total. The van der Waals surface area contributed by atoms with Crippen molar-refractivity contribution in [1.82, 2.24) is 0 Å². The van der Waals surface area contributed by atoms with Crippen molar-refractivity contribution in [2.75, 3.05) is 0 Å². The van der Waals surface area contributed by atoms with E-state index in [4.69, 9.17) is 0 Å². The molecule has 0 heterocycles. The van der Waals surface area contributed by atoms with Crippen LogP contribution in [0.2, 0.25) is 0 Å². The van der Waals surface area contributed by atoms with Crippen LogP contribution in [0, 0.1) is 0 Å². The zero-order valence-electron chi connectivity index (χ0n) is 11.0. The summed E-state index contributed by atoms with van der Waals surface area (Å²) in [6.45, 7) is 0. The van der Waals surface area contributed by atoms with E-state index < -0.39 is 5.59 Å². The molecule has 0 N–H and O–H groups in total. The van der Waals surface area contributed by atoms with Gasteiger partial charge in [-0.1, -0.05) is 0 Å². The predicted molar refractivity (Wildman–Crippen MR) is 86.5 cm³/mol. The summed E-state index contributed by atoms with van der Waals surface area (Å²) in [6, 6.07) is 32.6. The molecule has 0 spiro atoms. The fourth-order valence-electron chi connectivity index (χ4n) is 2.49. The van der Waals surface area contributed by atoms with E-state index in [1.165, 1.54) is 15.9 Å². The molecule has 2 heteroatoms. The van der Waals surface area contributed by atoms with E-state index in [1.54, 1.807) is 0 Å². The van der Waals surface area contributed by atoms with E-state index in [1.807, 2.05) is 0 Å². The minimum atomic E-state index is -1.95. The van der Waals surface area contributed by atoms with Crippen molar-refractivity contribution in [2.45, 2.75) is 0 Å². The molecule has 0 atom stereocenters. The third kappa shape index (κ3) is 2.49. The van der Waals surface area contributed by atoms with Gasteiger partial charge in [0.1, 0.15) is 0 Å². The summed E-state index contributed by atoms with van der Waals surface area (Å²) in [4.78, 5) is 0. The second-order valence-corrected chi connectivity index (χ2v) is 11.7. The van der Waals surface area contributed by atoms with Crippen LogP contribution in [0.3, 0.4) is 0 Å². The van der Waals surface area contributed by atoms with Gasteiger partial charge < -0.3 is 0 Å². The van der Waals surface area contributed by atoms with Crippen LogP contribution in [0.4, 0.5) is 0 Å². The first-order valence-corrected chi connectivity index (χ1v) is 11.1. The molecule has 0 saturated carbocycles. The van der Waals surface area contributed by atoms with Crippen LogP contribution in [0.1, 0.15) is 0 Å². The van der Waals surface area contributed by atoms with Crippen molar-refractivity contribution in [3.63, 3.8) is 0 Å². The molecular weight excluding hydrogens is 348 g/mol. The minimum absolute atomic E-state index is 1.42. The Morgan fingerprint density at radius 3 is 0.950 bits per heavy atom. The summed E-state index contributed by atoms with van der Waals surface area (Å²) < 4.78 is 0.